The number of rotatable bonds is 4. The van der Waals surface area contributed by atoms with Gasteiger partial charge in [-0.05, 0) is 28.3 Å². The molecule has 0 aliphatic rings. The Balaban J connectivity index is 2.09. The Hall–Kier alpha value is -2.89. The Labute approximate surface area is 156 Å². The molecule has 0 aromatic heterocycles. The van der Waals surface area contributed by atoms with Gasteiger partial charge in [-0.3, -0.25) is 0 Å². The summed E-state index contributed by atoms with van der Waals surface area (Å²) in [6.45, 7) is 0. The molecule has 4 aromatic rings. The molecule has 0 bridgehead atoms. The SMILES string of the molecule is POc1ccc(-c2ccccc2)c(-c2ccccc2)c1-c1ccccc1. The molecule has 1 unspecified atom stereocenters. The summed E-state index contributed by atoms with van der Waals surface area (Å²) in [5.41, 5.74) is 6.99. The maximum atomic E-state index is 5.67. The van der Waals surface area contributed by atoms with E-state index < -0.39 is 0 Å². The molecule has 1 atom stereocenters. The van der Waals surface area contributed by atoms with Gasteiger partial charge in [-0.2, -0.15) is 0 Å². The first-order chi connectivity index (χ1) is 12.9. The van der Waals surface area contributed by atoms with E-state index in [0.29, 0.717) is 0 Å². The van der Waals surface area contributed by atoms with Crippen molar-refractivity contribution in [1.29, 1.82) is 0 Å². The predicted octanol–water partition coefficient (Wildman–Crippen LogP) is 6.86. The van der Waals surface area contributed by atoms with Gasteiger partial charge in [0.15, 0.2) is 0 Å². The van der Waals surface area contributed by atoms with Crippen LogP contribution in [0.2, 0.25) is 0 Å². The van der Waals surface area contributed by atoms with Crippen molar-refractivity contribution in [2.75, 3.05) is 0 Å². The van der Waals surface area contributed by atoms with Crippen LogP contribution >= 0.6 is 9.47 Å². The zero-order chi connectivity index (χ0) is 17.8. The summed E-state index contributed by atoms with van der Waals surface area (Å²) >= 11 is 0. The maximum Gasteiger partial charge on any atom is 0.130 e. The Morgan fingerprint density at radius 3 is 1.42 bits per heavy atom. The van der Waals surface area contributed by atoms with Crippen LogP contribution in [0.15, 0.2) is 103 Å². The fraction of sp³-hybridized carbons (Fsp3) is 0. The number of hydrogen-bond donors (Lipinski definition) is 0. The average Bonchev–Trinajstić information content (AvgIpc) is 2.74. The monoisotopic (exact) mass is 354 g/mol. The third-order valence-electron chi connectivity index (χ3n) is 4.50. The molecule has 1 nitrogen and oxygen atoms in total. The first kappa shape index (κ1) is 16.6. The van der Waals surface area contributed by atoms with Crippen molar-refractivity contribution >= 4 is 9.47 Å². The third-order valence-corrected chi connectivity index (χ3v) is 4.76. The molecule has 0 saturated carbocycles. The van der Waals surface area contributed by atoms with Crippen LogP contribution in [0.3, 0.4) is 0 Å². The fourth-order valence-electron chi connectivity index (χ4n) is 3.34. The molecular formula is C24H19OP. The predicted molar refractivity (Wildman–Crippen MR) is 113 cm³/mol. The van der Waals surface area contributed by atoms with Gasteiger partial charge in [0.05, 0.1) is 9.47 Å². The van der Waals surface area contributed by atoms with Crippen LogP contribution in [0.4, 0.5) is 0 Å². The molecular weight excluding hydrogens is 335 g/mol. The Morgan fingerprint density at radius 2 is 0.923 bits per heavy atom. The summed E-state index contributed by atoms with van der Waals surface area (Å²) in [5, 5.41) is 0. The molecule has 4 rings (SSSR count). The normalized spacial score (nSPS) is 10.5. The van der Waals surface area contributed by atoms with Crippen molar-refractivity contribution < 1.29 is 4.52 Å². The molecule has 0 spiro atoms. The molecule has 4 aromatic carbocycles. The van der Waals surface area contributed by atoms with E-state index >= 15 is 0 Å². The van der Waals surface area contributed by atoms with Gasteiger partial charge in [-0.15, -0.1) is 0 Å². The quantitative estimate of drug-likeness (QED) is 0.364. The molecule has 0 saturated heterocycles. The molecule has 0 aliphatic heterocycles. The minimum atomic E-state index is 0.847. The van der Waals surface area contributed by atoms with Gasteiger partial charge in [0.2, 0.25) is 0 Å². The Bertz CT molecular complexity index is 996. The summed E-state index contributed by atoms with van der Waals surface area (Å²) in [6, 6.07) is 35.6. The molecule has 0 aliphatic carbocycles. The first-order valence-corrected chi connectivity index (χ1v) is 9.05. The van der Waals surface area contributed by atoms with Gasteiger partial charge in [0, 0.05) is 11.1 Å². The summed E-state index contributed by atoms with van der Waals surface area (Å²) in [4.78, 5) is 0. The summed E-state index contributed by atoms with van der Waals surface area (Å²) in [6.07, 6.45) is 0. The molecule has 26 heavy (non-hydrogen) atoms. The highest BCUT2D eigenvalue weighted by Crippen LogP contribution is 2.45. The largest absolute Gasteiger partial charge is 0.480 e. The zero-order valence-electron chi connectivity index (χ0n) is 14.3. The van der Waals surface area contributed by atoms with Crippen molar-refractivity contribution in [1.82, 2.24) is 0 Å². The molecule has 126 valence electrons. The van der Waals surface area contributed by atoms with Crippen LogP contribution in [0.25, 0.3) is 33.4 Å². The lowest BCUT2D eigenvalue weighted by molar-refractivity contribution is 0.649. The van der Waals surface area contributed by atoms with Gasteiger partial charge < -0.3 is 4.52 Å². The van der Waals surface area contributed by atoms with Gasteiger partial charge in [0.25, 0.3) is 0 Å². The molecule has 0 fully saturated rings. The van der Waals surface area contributed by atoms with Gasteiger partial charge in [0.1, 0.15) is 5.75 Å². The van der Waals surface area contributed by atoms with Crippen molar-refractivity contribution in [3.63, 3.8) is 0 Å². The van der Waals surface area contributed by atoms with E-state index in [4.69, 9.17) is 4.52 Å². The Kier molecular flexibility index (Phi) is 4.82. The number of hydrogen-bond acceptors (Lipinski definition) is 1. The van der Waals surface area contributed by atoms with E-state index in [0.717, 1.165) is 16.9 Å². The van der Waals surface area contributed by atoms with Crippen molar-refractivity contribution in [3.8, 4) is 39.1 Å². The topological polar surface area (TPSA) is 9.23 Å². The van der Waals surface area contributed by atoms with Crippen LogP contribution in [0, 0.1) is 0 Å². The standard InChI is InChI=1S/C24H19OP/c26-25-22-17-16-21(18-10-4-1-5-11-18)23(19-12-6-2-7-13-19)24(22)20-14-8-3-9-15-20/h1-17H,26H2. The zero-order valence-corrected chi connectivity index (χ0v) is 15.5. The van der Waals surface area contributed by atoms with E-state index in [1.807, 2.05) is 24.3 Å². The summed E-state index contributed by atoms with van der Waals surface area (Å²) in [7, 11) is 2.38. The summed E-state index contributed by atoms with van der Waals surface area (Å²) in [5.74, 6) is 0.847. The lowest BCUT2D eigenvalue weighted by Crippen LogP contribution is -1.93. The van der Waals surface area contributed by atoms with Gasteiger partial charge >= 0.3 is 0 Å². The minimum absolute atomic E-state index is 0.847. The smallest absolute Gasteiger partial charge is 0.130 e. The molecule has 0 heterocycles. The van der Waals surface area contributed by atoms with E-state index in [1.54, 1.807) is 0 Å². The third kappa shape index (κ3) is 3.14. The second kappa shape index (κ2) is 7.56. The van der Waals surface area contributed by atoms with E-state index in [-0.39, 0.29) is 0 Å². The minimum Gasteiger partial charge on any atom is -0.480 e. The average molecular weight is 354 g/mol. The van der Waals surface area contributed by atoms with Gasteiger partial charge in [-0.25, -0.2) is 0 Å². The Morgan fingerprint density at radius 1 is 0.462 bits per heavy atom. The van der Waals surface area contributed by atoms with Gasteiger partial charge in [-0.1, -0.05) is 97.1 Å². The molecule has 0 N–H and O–H groups in total. The fourth-order valence-corrected chi connectivity index (χ4v) is 3.53. The van der Waals surface area contributed by atoms with Crippen LogP contribution in [-0.4, -0.2) is 0 Å². The first-order valence-electron chi connectivity index (χ1n) is 8.58. The number of benzene rings is 4. The molecule has 0 radical (unpaired) electrons. The highest BCUT2D eigenvalue weighted by Gasteiger charge is 2.18. The second-order valence-electron chi connectivity index (χ2n) is 6.08. The van der Waals surface area contributed by atoms with Crippen LogP contribution in [0.5, 0.6) is 5.75 Å². The lowest BCUT2D eigenvalue weighted by atomic mass is 9.87. The maximum absolute atomic E-state index is 5.67. The van der Waals surface area contributed by atoms with Crippen molar-refractivity contribution in [2.45, 2.75) is 0 Å². The highest BCUT2D eigenvalue weighted by molar-refractivity contribution is 7.10. The molecule has 0 amide bonds. The highest BCUT2D eigenvalue weighted by atomic mass is 31.0. The molecule has 2 heteroatoms. The van der Waals surface area contributed by atoms with Crippen molar-refractivity contribution in [2.24, 2.45) is 0 Å². The van der Waals surface area contributed by atoms with Crippen LogP contribution in [-0.2, 0) is 0 Å². The lowest BCUT2D eigenvalue weighted by Gasteiger charge is -2.19. The summed E-state index contributed by atoms with van der Waals surface area (Å²) < 4.78 is 5.67. The van der Waals surface area contributed by atoms with E-state index in [9.17, 15) is 0 Å². The van der Waals surface area contributed by atoms with E-state index in [1.165, 1.54) is 22.3 Å². The van der Waals surface area contributed by atoms with E-state index in [2.05, 4.69) is 88.3 Å². The van der Waals surface area contributed by atoms with Crippen LogP contribution < -0.4 is 4.52 Å². The van der Waals surface area contributed by atoms with Crippen LogP contribution in [0.1, 0.15) is 0 Å². The second-order valence-corrected chi connectivity index (χ2v) is 6.31. The van der Waals surface area contributed by atoms with Crippen molar-refractivity contribution in [3.05, 3.63) is 103 Å².